The van der Waals surface area contributed by atoms with Gasteiger partial charge in [0.2, 0.25) is 17.8 Å². The van der Waals surface area contributed by atoms with E-state index in [1.54, 1.807) is 24.2 Å². The smallest absolute Gasteiger partial charge is 0.246 e. The van der Waals surface area contributed by atoms with Crippen molar-refractivity contribution in [3.63, 3.8) is 0 Å². The number of benzene rings is 1. The zero-order valence-corrected chi connectivity index (χ0v) is 22.8. The van der Waals surface area contributed by atoms with Crippen LogP contribution in [0.25, 0.3) is 0 Å². The fourth-order valence-electron chi connectivity index (χ4n) is 4.46. The molecule has 0 spiro atoms. The minimum absolute atomic E-state index is 0.0977. The predicted octanol–water partition coefficient (Wildman–Crippen LogP) is 2.55. The van der Waals surface area contributed by atoms with Gasteiger partial charge in [-0.25, -0.2) is 4.98 Å². The Morgan fingerprint density at radius 2 is 2.15 bits per heavy atom. The highest BCUT2D eigenvalue weighted by atomic mass is 16.2. The number of aliphatic imine (C=N–C) groups is 1. The van der Waals surface area contributed by atoms with E-state index in [1.807, 2.05) is 43.4 Å². The zero-order chi connectivity index (χ0) is 27.6. The molecule has 0 unspecified atom stereocenters. The summed E-state index contributed by atoms with van der Waals surface area (Å²) in [6.07, 6.45) is 9.81. The van der Waals surface area contributed by atoms with Crippen molar-refractivity contribution in [3.05, 3.63) is 53.2 Å². The molecule has 2 aliphatic rings. The molecule has 2 amide bonds. The highest BCUT2D eigenvalue weighted by Gasteiger charge is 2.32. The summed E-state index contributed by atoms with van der Waals surface area (Å²) < 4.78 is 0. The van der Waals surface area contributed by atoms with Gasteiger partial charge in [0.05, 0.1) is 18.3 Å². The highest BCUT2D eigenvalue weighted by Crippen LogP contribution is 2.22. The molecule has 3 N–H and O–H groups in total. The molecular formula is C29H36N8O2. The number of aromatic nitrogens is 2. The van der Waals surface area contributed by atoms with Gasteiger partial charge in [0.25, 0.3) is 0 Å². The Morgan fingerprint density at radius 1 is 1.28 bits per heavy atom. The van der Waals surface area contributed by atoms with Crippen molar-refractivity contribution in [2.45, 2.75) is 38.3 Å². The van der Waals surface area contributed by atoms with Crippen LogP contribution < -0.4 is 16.0 Å². The molecule has 39 heavy (non-hydrogen) atoms. The molecule has 2 aliphatic heterocycles. The molecule has 10 nitrogen and oxygen atoms in total. The van der Waals surface area contributed by atoms with Gasteiger partial charge in [-0.3, -0.25) is 14.6 Å². The Kier molecular flexibility index (Phi) is 9.64. The molecule has 3 heterocycles. The van der Waals surface area contributed by atoms with Crippen LogP contribution in [0, 0.1) is 11.8 Å². The summed E-state index contributed by atoms with van der Waals surface area (Å²) in [4.78, 5) is 42.1. The van der Waals surface area contributed by atoms with Gasteiger partial charge in [0, 0.05) is 51.1 Å². The number of anilines is 3. The summed E-state index contributed by atoms with van der Waals surface area (Å²) in [6.45, 7) is 2.53. The van der Waals surface area contributed by atoms with Crippen molar-refractivity contribution >= 4 is 35.5 Å². The van der Waals surface area contributed by atoms with Crippen LogP contribution in [0.3, 0.4) is 0 Å². The molecule has 4 rings (SSSR count). The van der Waals surface area contributed by atoms with Gasteiger partial charge in [-0.1, -0.05) is 24.0 Å². The molecule has 1 aromatic heterocycles. The van der Waals surface area contributed by atoms with Gasteiger partial charge in [0.1, 0.15) is 11.9 Å². The van der Waals surface area contributed by atoms with Crippen LogP contribution in [-0.4, -0.2) is 84.6 Å². The average molecular weight is 529 g/mol. The molecule has 1 atom stereocenters. The van der Waals surface area contributed by atoms with Crippen LogP contribution in [0.15, 0.2) is 41.5 Å². The molecule has 10 heteroatoms. The number of nitrogens with one attached hydrogen (secondary N) is 3. The van der Waals surface area contributed by atoms with E-state index in [1.165, 1.54) is 5.56 Å². The van der Waals surface area contributed by atoms with Crippen molar-refractivity contribution in [3.8, 4) is 11.8 Å². The Bertz CT molecular complexity index is 1310. The van der Waals surface area contributed by atoms with Crippen molar-refractivity contribution in [2.24, 2.45) is 4.99 Å². The number of hydrogen-bond donors (Lipinski definition) is 3. The second-order valence-electron chi connectivity index (χ2n) is 9.76. The van der Waals surface area contributed by atoms with Gasteiger partial charge >= 0.3 is 0 Å². The minimum Gasteiger partial charge on any atom is -0.372 e. The Labute approximate surface area is 230 Å². The number of likely N-dealkylation sites (N-methyl/N-ethyl adjacent to an activating group) is 1. The zero-order valence-electron chi connectivity index (χ0n) is 22.8. The number of carbonyl (C=O) groups excluding carboxylic acids is 2. The molecule has 2 aromatic rings. The van der Waals surface area contributed by atoms with E-state index in [0.29, 0.717) is 56.2 Å². The maximum absolute atomic E-state index is 12.7. The third-order valence-electron chi connectivity index (χ3n) is 6.49. The van der Waals surface area contributed by atoms with E-state index in [-0.39, 0.29) is 11.8 Å². The largest absolute Gasteiger partial charge is 0.372 e. The quantitative estimate of drug-likeness (QED) is 0.247. The maximum atomic E-state index is 12.7. The first-order valence-electron chi connectivity index (χ1n) is 13.3. The average Bonchev–Trinajstić information content (AvgIpc) is 3.60. The standard InChI is InChI=1S/C29H36N8O2/c1-30-27-22(20-33-29(35-27)34-24-13-12-21-18-31-19-23(21)17-24)9-5-4-6-14-32-28(39)25-10-7-16-37(25)26(38)11-8-15-36(2)3/h8,11-13,17,19-20,25H,4,6-7,10,14-16,18H2,1-3H3,(H,32,39)(H2,30,33,34,35)/b11-8+/t25-/m0/s1. The summed E-state index contributed by atoms with van der Waals surface area (Å²) in [5.74, 6) is 7.18. The van der Waals surface area contributed by atoms with E-state index in [2.05, 4.69) is 48.8 Å². The number of unbranched alkanes of at least 4 members (excludes halogenated alkanes) is 1. The SMILES string of the molecule is CNc1nc(Nc2ccc3c(c2)C=NC3)ncc1C#CCCCNC(=O)[C@@H]1CCCN1C(=O)/C=C/CN(C)C. The van der Waals surface area contributed by atoms with E-state index in [4.69, 9.17) is 0 Å². The first kappa shape index (κ1) is 27.8. The molecule has 0 saturated carbocycles. The fraction of sp³-hybridized carbons (Fsp3) is 0.414. The summed E-state index contributed by atoms with van der Waals surface area (Å²) in [5.41, 5.74) is 3.92. The molecule has 1 fully saturated rings. The minimum atomic E-state index is -0.403. The number of likely N-dealkylation sites (tertiary alicyclic amines) is 1. The molecule has 0 aliphatic carbocycles. The van der Waals surface area contributed by atoms with Gasteiger partial charge in [0.15, 0.2) is 0 Å². The predicted molar refractivity (Wildman–Crippen MR) is 154 cm³/mol. The van der Waals surface area contributed by atoms with Crippen molar-refractivity contribution in [1.82, 2.24) is 25.1 Å². The number of nitrogens with zero attached hydrogens (tertiary/aromatic N) is 5. The first-order valence-corrected chi connectivity index (χ1v) is 13.3. The highest BCUT2D eigenvalue weighted by molar-refractivity contribution is 5.93. The maximum Gasteiger partial charge on any atom is 0.246 e. The van der Waals surface area contributed by atoms with E-state index >= 15 is 0 Å². The van der Waals surface area contributed by atoms with Crippen molar-refractivity contribution in [2.75, 3.05) is 51.4 Å². The summed E-state index contributed by atoms with van der Waals surface area (Å²) >= 11 is 0. The Morgan fingerprint density at radius 3 is 2.97 bits per heavy atom. The summed E-state index contributed by atoms with van der Waals surface area (Å²) in [7, 11) is 5.69. The number of fused-ring (bicyclic) bond motifs is 1. The lowest BCUT2D eigenvalue weighted by Crippen LogP contribution is -2.45. The third-order valence-corrected chi connectivity index (χ3v) is 6.49. The second kappa shape index (κ2) is 13.5. The van der Waals surface area contributed by atoms with Crippen molar-refractivity contribution in [1.29, 1.82) is 0 Å². The second-order valence-corrected chi connectivity index (χ2v) is 9.76. The summed E-state index contributed by atoms with van der Waals surface area (Å²) in [6, 6.07) is 5.68. The van der Waals surface area contributed by atoms with Gasteiger partial charge < -0.3 is 25.8 Å². The monoisotopic (exact) mass is 528 g/mol. The molecule has 204 valence electrons. The molecule has 0 radical (unpaired) electrons. The van der Waals surface area contributed by atoms with Crippen LogP contribution in [0.4, 0.5) is 17.5 Å². The number of amides is 2. The van der Waals surface area contributed by atoms with Gasteiger partial charge in [-0.15, -0.1) is 0 Å². The molecule has 1 aromatic carbocycles. The number of rotatable bonds is 10. The lowest BCUT2D eigenvalue weighted by molar-refractivity contribution is -0.135. The van der Waals surface area contributed by atoms with E-state index in [0.717, 1.165) is 24.2 Å². The number of hydrogen-bond acceptors (Lipinski definition) is 8. The van der Waals surface area contributed by atoms with Gasteiger partial charge in [-0.2, -0.15) is 4.98 Å². The summed E-state index contributed by atoms with van der Waals surface area (Å²) in [5, 5.41) is 9.28. The van der Waals surface area contributed by atoms with Gasteiger partial charge in [-0.05, 0) is 56.6 Å². The third kappa shape index (κ3) is 7.65. The van der Waals surface area contributed by atoms with Crippen LogP contribution in [0.2, 0.25) is 0 Å². The van der Waals surface area contributed by atoms with E-state index < -0.39 is 6.04 Å². The Hall–Kier alpha value is -4.23. The Balaban J connectivity index is 1.23. The lowest BCUT2D eigenvalue weighted by atomic mass is 10.1. The molecule has 1 saturated heterocycles. The topological polar surface area (TPSA) is 115 Å². The van der Waals surface area contributed by atoms with Crippen molar-refractivity contribution < 1.29 is 9.59 Å². The number of carbonyl (C=O) groups is 2. The normalized spacial score (nSPS) is 15.8. The molecule has 0 bridgehead atoms. The molecular weight excluding hydrogens is 492 g/mol. The lowest BCUT2D eigenvalue weighted by Gasteiger charge is -2.22. The van der Waals surface area contributed by atoms with Crippen LogP contribution >= 0.6 is 0 Å². The van der Waals surface area contributed by atoms with Crippen LogP contribution in [0.5, 0.6) is 0 Å². The van der Waals surface area contributed by atoms with Crippen LogP contribution in [0.1, 0.15) is 42.4 Å². The fourth-order valence-corrected chi connectivity index (χ4v) is 4.46. The first-order chi connectivity index (χ1) is 18.9. The van der Waals surface area contributed by atoms with E-state index in [9.17, 15) is 9.59 Å². The van der Waals surface area contributed by atoms with Crippen LogP contribution in [-0.2, 0) is 16.1 Å².